The molecule has 1 fully saturated rings. The van der Waals surface area contributed by atoms with E-state index >= 15 is 0 Å². The van der Waals surface area contributed by atoms with Crippen LogP contribution in [-0.4, -0.2) is 37.3 Å². The minimum Gasteiger partial charge on any atom is -0.377 e. The number of morpholine rings is 1. The van der Waals surface area contributed by atoms with Crippen molar-refractivity contribution in [3.63, 3.8) is 0 Å². The minimum absolute atomic E-state index is 0.119. The first-order valence-electron chi connectivity index (χ1n) is 6.19. The van der Waals surface area contributed by atoms with Crippen LogP contribution in [0.25, 0.3) is 0 Å². The Bertz CT molecular complexity index is 423. The normalized spacial score (nSPS) is 19.0. The molecule has 0 aromatic carbocycles. The van der Waals surface area contributed by atoms with Crippen LogP contribution in [0.1, 0.15) is 19.4 Å². The maximum atomic E-state index is 13.3. The van der Waals surface area contributed by atoms with Crippen molar-refractivity contribution in [2.24, 2.45) is 0 Å². The van der Waals surface area contributed by atoms with Gasteiger partial charge in [0, 0.05) is 18.7 Å². The van der Waals surface area contributed by atoms with Crippen molar-refractivity contribution in [3.8, 4) is 0 Å². The standard InChI is InChI=1S/C13H20FN3O/c1-13(2)9-18-5-4-17(13)12-10(7-15-3)6-11(14)8-16-12/h6,8,15H,4-5,7,9H2,1-3H3. The number of rotatable bonds is 3. The minimum atomic E-state index is -0.296. The highest BCUT2D eigenvalue weighted by Crippen LogP contribution is 2.28. The summed E-state index contributed by atoms with van der Waals surface area (Å²) in [6, 6.07) is 1.55. The van der Waals surface area contributed by atoms with Gasteiger partial charge < -0.3 is 15.0 Å². The van der Waals surface area contributed by atoms with Crippen LogP contribution in [0.15, 0.2) is 12.3 Å². The van der Waals surface area contributed by atoms with Crippen LogP contribution in [0.4, 0.5) is 10.2 Å². The quantitative estimate of drug-likeness (QED) is 0.887. The molecule has 0 spiro atoms. The number of aromatic nitrogens is 1. The highest BCUT2D eigenvalue weighted by atomic mass is 19.1. The Labute approximate surface area is 107 Å². The third-order valence-electron chi connectivity index (χ3n) is 3.18. The van der Waals surface area contributed by atoms with E-state index in [-0.39, 0.29) is 11.4 Å². The summed E-state index contributed by atoms with van der Waals surface area (Å²) in [6.07, 6.45) is 1.28. The van der Waals surface area contributed by atoms with E-state index in [1.54, 1.807) is 6.07 Å². The maximum Gasteiger partial charge on any atom is 0.141 e. The van der Waals surface area contributed by atoms with E-state index in [2.05, 4.69) is 29.0 Å². The average molecular weight is 253 g/mol. The van der Waals surface area contributed by atoms with Gasteiger partial charge in [-0.15, -0.1) is 0 Å². The predicted octanol–water partition coefficient (Wildman–Crippen LogP) is 1.56. The fourth-order valence-electron chi connectivity index (χ4n) is 2.29. The first kappa shape index (κ1) is 13.2. The molecule has 1 aromatic heterocycles. The molecular formula is C13H20FN3O. The van der Waals surface area contributed by atoms with Crippen LogP contribution in [0.5, 0.6) is 0 Å². The SMILES string of the molecule is CNCc1cc(F)cnc1N1CCOCC1(C)C. The van der Waals surface area contributed by atoms with Crippen LogP contribution in [0.2, 0.25) is 0 Å². The molecule has 5 heteroatoms. The summed E-state index contributed by atoms with van der Waals surface area (Å²) in [5.41, 5.74) is 0.762. The molecule has 100 valence electrons. The Balaban J connectivity index is 2.36. The van der Waals surface area contributed by atoms with Gasteiger partial charge in [0.2, 0.25) is 0 Å². The molecule has 4 nitrogen and oxygen atoms in total. The molecule has 18 heavy (non-hydrogen) atoms. The van der Waals surface area contributed by atoms with E-state index in [4.69, 9.17) is 4.74 Å². The molecule has 0 bridgehead atoms. The van der Waals surface area contributed by atoms with Gasteiger partial charge in [0.1, 0.15) is 11.6 Å². The summed E-state index contributed by atoms with van der Waals surface area (Å²) in [5.74, 6) is 0.550. The molecular weight excluding hydrogens is 233 g/mol. The molecule has 2 heterocycles. The molecule has 1 aliphatic heterocycles. The molecule has 1 aliphatic rings. The number of halogens is 1. The van der Waals surface area contributed by atoms with Crippen molar-refractivity contribution in [2.75, 3.05) is 31.7 Å². The third kappa shape index (κ3) is 2.62. The second-order valence-electron chi connectivity index (χ2n) is 5.18. The second kappa shape index (κ2) is 5.20. The zero-order valence-electron chi connectivity index (χ0n) is 11.2. The first-order chi connectivity index (χ1) is 8.54. The Kier molecular flexibility index (Phi) is 3.82. The molecule has 0 unspecified atom stereocenters. The maximum absolute atomic E-state index is 13.3. The van der Waals surface area contributed by atoms with Crippen LogP contribution in [0.3, 0.4) is 0 Å². The van der Waals surface area contributed by atoms with Crippen molar-refractivity contribution < 1.29 is 9.13 Å². The molecule has 1 N–H and O–H groups in total. The Morgan fingerprint density at radius 1 is 1.56 bits per heavy atom. The van der Waals surface area contributed by atoms with E-state index in [1.165, 1.54) is 6.20 Å². The van der Waals surface area contributed by atoms with Crippen LogP contribution in [-0.2, 0) is 11.3 Å². The van der Waals surface area contributed by atoms with Gasteiger partial charge in [-0.2, -0.15) is 0 Å². The number of pyridine rings is 1. The average Bonchev–Trinajstić information content (AvgIpc) is 2.30. The van der Waals surface area contributed by atoms with E-state index < -0.39 is 0 Å². The van der Waals surface area contributed by atoms with Crippen molar-refractivity contribution in [3.05, 3.63) is 23.6 Å². The van der Waals surface area contributed by atoms with Gasteiger partial charge in [0.25, 0.3) is 0 Å². The summed E-state index contributed by atoms with van der Waals surface area (Å²) < 4.78 is 18.8. The van der Waals surface area contributed by atoms with Crippen LogP contribution < -0.4 is 10.2 Å². The fourth-order valence-corrected chi connectivity index (χ4v) is 2.29. The van der Waals surface area contributed by atoms with Gasteiger partial charge in [-0.1, -0.05) is 0 Å². The fraction of sp³-hybridized carbons (Fsp3) is 0.615. The topological polar surface area (TPSA) is 37.4 Å². The summed E-state index contributed by atoms with van der Waals surface area (Å²) in [4.78, 5) is 6.47. The zero-order chi connectivity index (χ0) is 13.2. The highest BCUT2D eigenvalue weighted by molar-refractivity contribution is 5.49. The van der Waals surface area contributed by atoms with E-state index in [0.717, 1.165) is 17.9 Å². The zero-order valence-corrected chi connectivity index (χ0v) is 11.2. The lowest BCUT2D eigenvalue weighted by atomic mass is 10.0. The van der Waals surface area contributed by atoms with Gasteiger partial charge in [-0.3, -0.25) is 0 Å². The van der Waals surface area contributed by atoms with Gasteiger partial charge >= 0.3 is 0 Å². The number of nitrogens with one attached hydrogen (secondary N) is 1. The van der Waals surface area contributed by atoms with Crippen molar-refractivity contribution >= 4 is 5.82 Å². The summed E-state index contributed by atoms with van der Waals surface area (Å²) in [5, 5.41) is 3.05. The number of hydrogen-bond acceptors (Lipinski definition) is 4. The molecule has 0 atom stereocenters. The Morgan fingerprint density at radius 2 is 2.33 bits per heavy atom. The second-order valence-corrected chi connectivity index (χ2v) is 5.18. The van der Waals surface area contributed by atoms with Crippen molar-refractivity contribution in [1.82, 2.24) is 10.3 Å². The lowest BCUT2D eigenvalue weighted by molar-refractivity contribution is 0.0638. The largest absolute Gasteiger partial charge is 0.377 e. The van der Waals surface area contributed by atoms with E-state index in [0.29, 0.717) is 19.8 Å². The van der Waals surface area contributed by atoms with E-state index in [9.17, 15) is 4.39 Å². The summed E-state index contributed by atoms with van der Waals surface area (Å²) >= 11 is 0. The molecule has 2 rings (SSSR count). The van der Waals surface area contributed by atoms with Crippen molar-refractivity contribution in [1.29, 1.82) is 0 Å². The van der Waals surface area contributed by atoms with Crippen LogP contribution >= 0.6 is 0 Å². The molecule has 0 aliphatic carbocycles. The van der Waals surface area contributed by atoms with Gasteiger partial charge in [-0.25, -0.2) is 9.37 Å². The number of hydrogen-bond donors (Lipinski definition) is 1. The molecule has 0 radical (unpaired) electrons. The van der Waals surface area contributed by atoms with Crippen LogP contribution in [0, 0.1) is 5.82 Å². The Morgan fingerprint density at radius 3 is 3.00 bits per heavy atom. The molecule has 1 aromatic rings. The summed E-state index contributed by atoms with van der Waals surface area (Å²) in [6.45, 7) is 6.95. The van der Waals surface area contributed by atoms with Crippen molar-refractivity contribution in [2.45, 2.75) is 25.9 Å². The lowest BCUT2D eigenvalue weighted by Gasteiger charge is -2.43. The van der Waals surface area contributed by atoms with Gasteiger partial charge in [0.15, 0.2) is 0 Å². The predicted molar refractivity (Wildman–Crippen MR) is 69.2 cm³/mol. The monoisotopic (exact) mass is 253 g/mol. The highest BCUT2D eigenvalue weighted by Gasteiger charge is 2.32. The molecule has 1 saturated heterocycles. The number of anilines is 1. The first-order valence-corrected chi connectivity index (χ1v) is 6.19. The number of nitrogens with zero attached hydrogens (tertiary/aromatic N) is 2. The number of ether oxygens (including phenoxy) is 1. The lowest BCUT2D eigenvalue weighted by Crippen LogP contribution is -2.54. The summed E-state index contributed by atoms with van der Waals surface area (Å²) in [7, 11) is 1.85. The smallest absolute Gasteiger partial charge is 0.141 e. The van der Waals surface area contributed by atoms with Gasteiger partial charge in [-0.05, 0) is 27.0 Å². The third-order valence-corrected chi connectivity index (χ3v) is 3.18. The molecule has 0 saturated carbocycles. The van der Waals surface area contributed by atoms with Gasteiger partial charge in [0.05, 0.1) is 24.9 Å². The Hall–Kier alpha value is -1.20. The van der Waals surface area contributed by atoms with E-state index in [1.807, 2.05) is 7.05 Å². The molecule has 0 amide bonds.